The summed E-state index contributed by atoms with van der Waals surface area (Å²) in [4.78, 5) is 2.48. The lowest BCUT2D eigenvalue weighted by atomic mass is 9.85. The van der Waals surface area contributed by atoms with Gasteiger partial charge in [0.25, 0.3) is 0 Å². The fraction of sp³-hybridized carbons (Fsp3) is 1.00. The fourth-order valence-corrected chi connectivity index (χ4v) is 3.19. The molecule has 0 radical (unpaired) electrons. The summed E-state index contributed by atoms with van der Waals surface area (Å²) in [6.07, 6.45) is 6.63. The first-order chi connectivity index (χ1) is 7.26. The van der Waals surface area contributed by atoms with Crippen LogP contribution < -0.4 is 0 Å². The molecule has 3 nitrogen and oxygen atoms in total. The average Bonchev–Trinajstić information content (AvgIpc) is 2.59. The number of rotatable bonds is 4. The van der Waals surface area contributed by atoms with E-state index in [0.717, 1.165) is 32.4 Å². The Bertz CT molecular complexity index is 210. The smallest absolute Gasteiger partial charge is 0.0815 e. The molecule has 2 aliphatic heterocycles. The van der Waals surface area contributed by atoms with E-state index in [9.17, 15) is 5.11 Å². The van der Waals surface area contributed by atoms with Gasteiger partial charge in [-0.05, 0) is 38.6 Å². The van der Waals surface area contributed by atoms with Crippen molar-refractivity contribution in [2.24, 2.45) is 0 Å². The largest absolute Gasteiger partial charge is 0.388 e. The Kier molecular flexibility index (Phi) is 3.65. The molecule has 2 saturated heterocycles. The van der Waals surface area contributed by atoms with Crippen LogP contribution in [0.1, 0.15) is 38.5 Å². The first kappa shape index (κ1) is 11.4. The summed E-state index contributed by atoms with van der Waals surface area (Å²) in [5, 5.41) is 10.6. The summed E-state index contributed by atoms with van der Waals surface area (Å²) in [5.41, 5.74) is -0.418. The lowest BCUT2D eigenvalue weighted by molar-refractivity contribution is -0.0213. The van der Waals surface area contributed by atoms with E-state index < -0.39 is 5.60 Å². The minimum Gasteiger partial charge on any atom is -0.388 e. The zero-order valence-electron chi connectivity index (χ0n) is 9.74. The Morgan fingerprint density at radius 1 is 1.40 bits per heavy atom. The summed E-state index contributed by atoms with van der Waals surface area (Å²) < 4.78 is 5.06. The van der Waals surface area contributed by atoms with Crippen LogP contribution in [0.25, 0.3) is 0 Å². The van der Waals surface area contributed by atoms with Crippen molar-refractivity contribution in [2.75, 3.05) is 26.8 Å². The van der Waals surface area contributed by atoms with Gasteiger partial charge in [-0.1, -0.05) is 6.42 Å². The first-order valence-corrected chi connectivity index (χ1v) is 6.22. The van der Waals surface area contributed by atoms with E-state index in [1.807, 2.05) is 0 Å². The maximum absolute atomic E-state index is 10.6. The topological polar surface area (TPSA) is 32.7 Å². The summed E-state index contributed by atoms with van der Waals surface area (Å²) in [6.45, 7) is 3.06. The van der Waals surface area contributed by atoms with Gasteiger partial charge < -0.3 is 9.84 Å². The lowest BCUT2D eigenvalue weighted by Gasteiger charge is -2.37. The number of ether oxygens (including phenoxy) is 1. The van der Waals surface area contributed by atoms with Gasteiger partial charge in [-0.3, -0.25) is 4.90 Å². The van der Waals surface area contributed by atoms with Crippen molar-refractivity contribution in [1.29, 1.82) is 0 Å². The normalized spacial score (nSPS) is 36.8. The Morgan fingerprint density at radius 2 is 2.27 bits per heavy atom. The van der Waals surface area contributed by atoms with Gasteiger partial charge in [0.05, 0.1) is 5.60 Å². The first-order valence-electron chi connectivity index (χ1n) is 6.22. The highest BCUT2D eigenvalue weighted by atomic mass is 16.5. The van der Waals surface area contributed by atoms with Gasteiger partial charge in [0.1, 0.15) is 0 Å². The third-order valence-corrected chi connectivity index (χ3v) is 4.02. The van der Waals surface area contributed by atoms with Crippen LogP contribution in [0.5, 0.6) is 0 Å². The zero-order valence-corrected chi connectivity index (χ0v) is 9.74. The molecule has 0 aromatic carbocycles. The van der Waals surface area contributed by atoms with Gasteiger partial charge in [-0.25, -0.2) is 0 Å². The van der Waals surface area contributed by atoms with Crippen molar-refractivity contribution in [3.63, 3.8) is 0 Å². The Labute approximate surface area is 92.4 Å². The molecule has 0 aromatic rings. The predicted octanol–water partition coefficient (Wildman–Crippen LogP) is 1.40. The minimum absolute atomic E-state index is 0.418. The van der Waals surface area contributed by atoms with Gasteiger partial charge in [-0.2, -0.15) is 0 Å². The van der Waals surface area contributed by atoms with Crippen molar-refractivity contribution >= 4 is 0 Å². The predicted molar refractivity (Wildman–Crippen MR) is 59.9 cm³/mol. The molecule has 15 heavy (non-hydrogen) atoms. The highest BCUT2D eigenvalue weighted by Gasteiger charge is 2.45. The van der Waals surface area contributed by atoms with Crippen molar-refractivity contribution in [2.45, 2.75) is 50.2 Å². The highest BCUT2D eigenvalue weighted by molar-refractivity contribution is 5.00. The molecule has 0 bridgehead atoms. The number of hydrogen-bond acceptors (Lipinski definition) is 3. The molecular weight excluding hydrogens is 190 g/mol. The van der Waals surface area contributed by atoms with Crippen molar-refractivity contribution < 1.29 is 9.84 Å². The molecule has 2 atom stereocenters. The molecule has 2 unspecified atom stereocenters. The summed E-state index contributed by atoms with van der Waals surface area (Å²) in [6, 6.07) is 0.433. The van der Waals surface area contributed by atoms with Crippen LogP contribution in [0.2, 0.25) is 0 Å². The maximum atomic E-state index is 10.6. The van der Waals surface area contributed by atoms with Gasteiger partial charge in [0, 0.05) is 26.3 Å². The summed E-state index contributed by atoms with van der Waals surface area (Å²) in [5.74, 6) is 0. The van der Waals surface area contributed by atoms with E-state index in [-0.39, 0.29) is 0 Å². The van der Waals surface area contributed by atoms with Crippen molar-refractivity contribution in [1.82, 2.24) is 4.90 Å². The van der Waals surface area contributed by atoms with Crippen LogP contribution >= 0.6 is 0 Å². The SMILES string of the molecule is COCCCC1(O)CCN2CCCCC21. The molecule has 0 aromatic heterocycles. The molecule has 2 fully saturated rings. The van der Waals surface area contributed by atoms with Crippen molar-refractivity contribution in [3.05, 3.63) is 0 Å². The van der Waals surface area contributed by atoms with E-state index in [2.05, 4.69) is 4.90 Å². The molecule has 0 aliphatic carbocycles. The van der Waals surface area contributed by atoms with Crippen LogP contribution in [0.4, 0.5) is 0 Å². The second kappa shape index (κ2) is 4.81. The highest BCUT2D eigenvalue weighted by Crippen LogP contribution is 2.37. The van der Waals surface area contributed by atoms with Gasteiger partial charge in [-0.15, -0.1) is 0 Å². The van der Waals surface area contributed by atoms with Crippen LogP contribution in [-0.4, -0.2) is 48.5 Å². The number of hydrogen-bond donors (Lipinski definition) is 1. The molecule has 88 valence electrons. The standard InChI is InChI=1S/C12H23NO2/c1-15-10-4-6-12(14)7-9-13-8-3-2-5-11(12)13/h11,14H,2-10H2,1H3. The molecule has 2 aliphatic rings. The third-order valence-electron chi connectivity index (χ3n) is 4.02. The number of methoxy groups -OCH3 is 1. The van der Waals surface area contributed by atoms with Gasteiger partial charge in [0.15, 0.2) is 0 Å². The molecule has 1 N–H and O–H groups in total. The maximum Gasteiger partial charge on any atom is 0.0815 e. The molecule has 0 amide bonds. The summed E-state index contributed by atoms with van der Waals surface area (Å²) >= 11 is 0. The Morgan fingerprint density at radius 3 is 3.07 bits per heavy atom. The Balaban J connectivity index is 1.89. The second-order valence-corrected chi connectivity index (χ2v) is 5.00. The molecule has 0 spiro atoms. The molecule has 3 heteroatoms. The van der Waals surface area contributed by atoms with E-state index >= 15 is 0 Å². The van der Waals surface area contributed by atoms with Crippen LogP contribution in [0.3, 0.4) is 0 Å². The monoisotopic (exact) mass is 213 g/mol. The minimum atomic E-state index is -0.418. The number of fused-ring (bicyclic) bond motifs is 1. The Hall–Kier alpha value is -0.120. The van der Waals surface area contributed by atoms with Crippen LogP contribution in [0, 0.1) is 0 Å². The van der Waals surface area contributed by atoms with E-state index in [1.165, 1.54) is 25.8 Å². The average molecular weight is 213 g/mol. The molecule has 0 saturated carbocycles. The fourth-order valence-electron chi connectivity index (χ4n) is 3.19. The molecule has 2 rings (SSSR count). The van der Waals surface area contributed by atoms with Gasteiger partial charge in [0.2, 0.25) is 0 Å². The quantitative estimate of drug-likeness (QED) is 0.717. The number of nitrogens with zero attached hydrogens (tertiary/aromatic N) is 1. The van der Waals surface area contributed by atoms with E-state index in [1.54, 1.807) is 7.11 Å². The van der Waals surface area contributed by atoms with Crippen LogP contribution in [-0.2, 0) is 4.74 Å². The van der Waals surface area contributed by atoms with Gasteiger partial charge >= 0.3 is 0 Å². The van der Waals surface area contributed by atoms with Crippen molar-refractivity contribution in [3.8, 4) is 0 Å². The third kappa shape index (κ3) is 2.35. The summed E-state index contributed by atoms with van der Waals surface area (Å²) in [7, 11) is 1.73. The van der Waals surface area contributed by atoms with E-state index in [0.29, 0.717) is 6.04 Å². The number of aliphatic hydroxyl groups is 1. The molecule has 2 heterocycles. The van der Waals surface area contributed by atoms with E-state index in [4.69, 9.17) is 4.74 Å². The van der Waals surface area contributed by atoms with Crippen LogP contribution in [0.15, 0.2) is 0 Å². The molecular formula is C12H23NO2. The zero-order chi connectivity index (χ0) is 10.7. The lowest BCUT2D eigenvalue weighted by Crippen LogP contribution is -2.47. The second-order valence-electron chi connectivity index (χ2n) is 5.00. The number of piperidine rings is 1.